The van der Waals surface area contributed by atoms with Gasteiger partial charge in [-0.3, -0.25) is 9.38 Å². The first-order valence-corrected chi connectivity index (χ1v) is 7.01. The second kappa shape index (κ2) is 5.00. The van der Waals surface area contributed by atoms with Crippen LogP contribution in [0.3, 0.4) is 0 Å². The second-order valence-electron chi connectivity index (χ2n) is 5.00. The number of rotatable bonds is 2. The number of imidazole rings is 1. The summed E-state index contributed by atoms with van der Waals surface area (Å²) in [5.74, 6) is 0.232. The van der Waals surface area contributed by atoms with Crippen LogP contribution in [0.5, 0.6) is 5.75 Å². The van der Waals surface area contributed by atoms with Crippen LogP contribution in [0.15, 0.2) is 73.1 Å². The zero-order valence-corrected chi connectivity index (χ0v) is 11.7. The standard InChI is InChI=1S/C18H13N3O/c22-14-7-5-6-13(12-14)18-17(15-8-1-3-10-19-15)20-16-9-2-4-11-21(16)18/h1-12,22H. The van der Waals surface area contributed by atoms with Gasteiger partial charge in [-0.25, -0.2) is 4.98 Å². The van der Waals surface area contributed by atoms with Crippen molar-refractivity contribution in [2.45, 2.75) is 0 Å². The minimum atomic E-state index is 0.232. The molecule has 0 aliphatic carbocycles. The van der Waals surface area contributed by atoms with Gasteiger partial charge < -0.3 is 5.11 Å². The fourth-order valence-corrected chi connectivity index (χ4v) is 2.61. The van der Waals surface area contributed by atoms with Gasteiger partial charge in [0, 0.05) is 18.0 Å². The first-order chi connectivity index (χ1) is 10.8. The molecule has 0 aliphatic rings. The quantitative estimate of drug-likeness (QED) is 0.610. The highest BCUT2D eigenvalue weighted by molar-refractivity contribution is 5.80. The Balaban J connectivity index is 2.07. The van der Waals surface area contributed by atoms with E-state index in [2.05, 4.69) is 4.98 Å². The molecule has 1 N–H and O–H groups in total. The summed E-state index contributed by atoms with van der Waals surface area (Å²) in [6, 6.07) is 18.8. The number of pyridine rings is 2. The molecule has 0 aliphatic heterocycles. The molecule has 4 aromatic rings. The Hall–Kier alpha value is -3.14. The summed E-state index contributed by atoms with van der Waals surface area (Å²) in [5.41, 5.74) is 4.29. The van der Waals surface area contributed by atoms with Crippen LogP contribution >= 0.6 is 0 Å². The molecule has 0 bridgehead atoms. The van der Waals surface area contributed by atoms with Gasteiger partial charge in [0.1, 0.15) is 17.1 Å². The molecule has 0 saturated carbocycles. The summed E-state index contributed by atoms with van der Waals surface area (Å²) >= 11 is 0. The van der Waals surface area contributed by atoms with Crippen LogP contribution in [0, 0.1) is 0 Å². The Morgan fingerprint density at radius 1 is 0.909 bits per heavy atom. The molecule has 0 fully saturated rings. The lowest BCUT2D eigenvalue weighted by atomic mass is 10.1. The van der Waals surface area contributed by atoms with Gasteiger partial charge in [0.2, 0.25) is 0 Å². The minimum absolute atomic E-state index is 0.232. The van der Waals surface area contributed by atoms with Crippen molar-refractivity contribution in [3.8, 4) is 28.4 Å². The predicted octanol–water partition coefficient (Wildman–Crippen LogP) is 3.77. The molecule has 0 atom stereocenters. The highest BCUT2D eigenvalue weighted by atomic mass is 16.3. The molecule has 22 heavy (non-hydrogen) atoms. The first-order valence-electron chi connectivity index (χ1n) is 7.01. The lowest BCUT2D eigenvalue weighted by molar-refractivity contribution is 0.475. The van der Waals surface area contributed by atoms with Crippen LogP contribution in [0.4, 0.5) is 0 Å². The number of phenols is 1. The highest BCUT2D eigenvalue weighted by Crippen LogP contribution is 2.32. The van der Waals surface area contributed by atoms with Crippen LogP contribution in [-0.4, -0.2) is 19.5 Å². The van der Waals surface area contributed by atoms with Gasteiger partial charge in [-0.1, -0.05) is 24.3 Å². The summed E-state index contributed by atoms with van der Waals surface area (Å²) < 4.78 is 2.01. The molecule has 4 nitrogen and oxygen atoms in total. The van der Waals surface area contributed by atoms with Gasteiger partial charge >= 0.3 is 0 Å². The third-order valence-electron chi connectivity index (χ3n) is 3.56. The van der Waals surface area contributed by atoms with Crippen molar-refractivity contribution < 1.29 is 5.11 Å². The topological polar surface area (TPSA) is 50.4 Å². The van der Waals surface area contributed by atoms with Crippen molar-refractivity contribution in [1.29, 1.82) is 0 Å². The van der Waals surface area contributed by atoms with Gasteiger partial charge in [0.15, 0.2) is 0 Å². The molecule has 0 radical (unpaired) electrons. The molecule has 4 rings (SSSR count). The minimum Gasteiger partial charge on any atom is -0.508 e. The maximum Gasteiger partial charge on any atom is 0.138 e. The van der Waals surface area contributed by atoms with Gasteiger partial charge in [-0.2, -0.15) is 0 Å². The lowest BCUT2D eigenvalue weighted by Crippen LogP contribution is -1.90. The zero-order valence-electron chi connectivity index (χ0n) is 11.7. The molecule has 1 aromatic carbocycles. The molecule has 4 heteroatoms. The van der Waals surface area contributed by atoms with Gasteiger partial charge in [0.05, 0.1) is 11.4 Å². The third kappa shape index (κ3) is 2.02. The Morgan fingerprint density at radius 2 is 1.82 bits per heavy atom. The fraction of sp³-hybridized carbons (Fsp3) is 0. The van der Waals surface area contributed by atoms with Crippen molar-refractivity contribution in [2.75, 3.05) is 0 Å². The molecule has 0 saturated heterocycles. The largest absolute Gasteiger partial charge is 0.508 e. The van der Waals surface area contributed by atoms with Crippen LogP contribution < -0.4 is 0 Å². The average Bonchev–Trinajstić information content (AvgIpc) is 2.95. The number of hydrogen-bond acceptors (Lipinski definition) is 3. The molecule has 3 aromatic heterocycles. The van der Waals surface area contributed by atoms with E-state index in [1.807, 2.05) is 59.1 Å². The Labute approximate surface area is 127 Å². The van der Waals surface area contributed by atoms with E-state index in [0.29, 0.717) is 0 Å². The van der Waals surface area contributed by atoms with Crippen molar-refractivity contribution in [3.05, 3.63) is 73.1 Å². The summed E-state index contributed by atoms with van der Waals surface area (Å²) in [7, 11) is 0. The van der Waals surface area contributed by atoms with Crippen molar-refractivity contribution in [1.82, 2.24) is 14.4 Å². The maximum absolute atomic E-state index is 9.80. The van der Waals surface area contributed by atoms with Crippen LogP contribution in [0.25, 0.3) is 28.3 Å². The van der Waals surface area contributed by atoms with Crippen LogP contribution in [-0.2, 0) is 0 Å². The van der Waals surface area contributed by atoms with Crippen LogP contribution in [0.1, 0.15) is 0 Å². The maximum atomic E-state index is 9.80. The third-order valence-corrected chi connectivity index (χ3v) is 3.56. The number of nitrogens with zero attached hydrogens (tertiary/aromatic N) is 3. The monoisotopic (exact) mass is 287 g/mol. The predicted molar refractivity (Wildman–Crippen MR) is 85.5 cm³/mol. The Morgan fingerprint density at radius 3 is 2.64 bits per heavy atom. The van der Waals surface area contributed by atoms with Crippen molar-refractivity contribution >= 4 is 5.65 Å². The normalized spacial score (nSPS) is 10.9. The van der Waals surface area contributed by atoms with Crippen LogP contribution in [0.2, 0.25) is 0 Å². The number of benzene rings is 1. The molecule has 0 amide bonds. The number of phenolic OH excluding ortho intramolecular Hbond substituents is 1. The lowest BCUT2D eigenvalue weighted by Gasteiger charge is -2.05. The van der Waals surface area contributed by atoms with E-state index in [4.69, 9.17) is 4.98 Å². The summed E-state index contributed by atoms with van der Waals surface area (Å²) in [4.78, 5) is 9.12. The zero-order chi connectivity index (χ0) is 14.9. The smallest absolute Gasteiger partial charge is 0.138 e. The molecule has 3 heterocycles. The van der Waals surface area contributed by atoms with E-state index in [1.54, 1.807) is 18.3 Å². The second-order valence-corrected chi connectivity index (χ2v) is 5.00. The molecular weight excluding hydrogens is 274 g/mol. The average molecular weight is 287 g/mol. The van der Waals surface area contributed by atoms with Gasteiger partial charge in [-0.05, 0) is 36.4 Å². The number of aromatic hydroxyl groups is 1. The van der Waals surface area contributed by atoms with Gasteiger partial charge in [0.25, 0.3) is 0 Å². The van der Waals surface area contributed by atoms with E-state index in [0.717, 1.165) is 28.3 Å². The number of fused-ring (bicyclic) bond motifs is 1. The van der Waals surface area contributed by atoms with E-state index in [-0.39, 0.29) is 5.75 Å². The van der Waals surface area contributed by atoms with E-state index in [1.165, 1.54) is 0 Å². The Kier molecular flexibility index (Phi) is 2.86. The first kappa shape index (κ1) is 12.6. The molecule has 106 valence electrons. The van der Waals surface area contributed by atoms with Gasteiger partial charge in [-0.15, -0.1) is 0 Å². The molecular formula is C18H13N3O. The SMILES string of the molecule is Oc1cccc(-c2c(-c3ccccn3)nc3ccccn23)c1. The molecule has 0 spiro atoms. The number of aromatic nitrogens is 3. The van der Waals surface area contributed by atoms with Crippen molar-refractivity contribution in [3.63, 3.8) is 0 Å². The number of hydrogen-bond donors (Lipinski definition) is 1. The van der Waals surface area contributed by atoms with Crippen molar-refractivity contribution in [2.24, 2.45) is 0 Å². The van der Waals surface area contributed by atoms with E-state index >= 15 is 0 Å². The van der Waals surface area contributed by atoms with E-state index in [9.17, 15) is 5.11 Å². The highest BCUT2D eigenvalue weighted by Gasteiger charge is 2.16. The summed E-state index contributed by atoms with van der Waals surface area (Å²) in [6.07, 6.45) is 3.72. The summed E-state index contributed by atoms with van der Waals surface area (Å²) in [6.45, 7) is 0. The molecule has 0 unspecified atom stereocenters. The fourth-order valence-electron chi connectivity index (χ4n) is 2.61. The van der Waals surface area contributed by atoms with E-state index < -0.39 is 0 Å². The Bertz CT molecular complexity index is 945. The summed E-state index contributed by atoms with van der Waals surface area (Å²) in [5, 5.41) is 9.80.